The number of likely N-dealkylation sites (tertiary alicyclic amines) is 1. The molecule has 2 heterocycles. The van der Waals surface area contributed by atoms with E-state index in [1.54, 1.807) is 23.6 Å². The van der Waals surface area contributed by atoms with Crippen molar-refractivity contribution in [2.24, 2.45) is 5.92 Å². The van der Waals surface area contributed by atoms with Crippen LogP contribution in [0, 0.1) is 12.8 Å². The number of carbonyl (C=O) groups is 2. The van der Waals surface area contributed by atoms with Gasteiger partial charge in [0.15, 0.2) is 5.69 Å². The lowest BCUT2D eigenvalue weighted by Gasteiger charge is -2.29. The van der Waals surface area contributed by atoms with Crippen LogP contribution >= 0.6 is 0 Å². The van der Waals surface area contributed by atoms with Crippen molar-refractivity contribution < 1.29 is 19.4 Å². The Bertz CT molecular complexity index is 776. The van der Waals surface area contributed by atoms with Crippen molar-refractivity contribution in [3.8, 4) is 11.4 Å². The van der Waals surface area contributed by atoms with Gasteiger partial charge in [-0.2, -0.15) is 0 Å². The van der Waals surface area contributed by atoms with E-state index in [1.807, 2.05) is 24.3 Å². The maximum Gasteiger partial charge on any atom is 0.306 e. The topological polar surface area (TPSA) is 97.5 Å². The molecule has 1 aliphatic rings. The number of nitrogens with zero attached hydrogens (tertiary/aromatic N) is 4. The van der Waals surface area contributed by atoms with Crippen molar-refractivity contribution in [2.45, 2.75) is 19.8 Å². The number of benzene rings is 1. The van der Waals surface area contributed by atoms with Crippen molar-refractivity contribution in [3.63, 3.8) is 0 Å². The number of rotatable bonds is 4. The minimum absolute atomic E-state index is 0.207. The summed E-state index contributed by atoms with van der Waals surface area (Å²) in [5.41, 5.74) is 1.73. The first-order chi connectivity index (χ1) is 12.0. The van der Waals surface area contributed by atoms with E-state index in [-0.39, 0.29) is 11.8 Å². The Kier molecular flexibility index (Phi) is 4.69. The van der Waals surface area contributed by atoms with Crippen LogP contribution in [0.5, 0.6) is 5.75 Å². The predicted molar refractivity (Wildman–Crippen MR) is 88.9 cm³/mol. The van der Waals surface area contributed by atoms with E-state index >= 15 is 0 Å². The summed E-state index contributed by atoms with van der Waals surface area (Å²) >= 11 is 0. The Morgan fingerprint density at radius 3 is 2.40 bits per heavy atom. The molecular formula is C17H20N4O4. The minimum Gasteiger partial charge on any atom is -0.497 e. The third-order valence-electron chi connectivity index (χ3n) is 4.55. The Morgan fingerprint density at radius 2 is 1.84 bits per heavy atom. The Labute approximate surface area is 145 Å². The second kappa shape index (κ2) is 6.92. The van der Waals surface area contributed by atoms with Gasteiger partial charge in [0.1, 0.15) is 5.75 Å². The molecule has 0 saturated carbocycles. The number of amides is 1. The third kappa shape index (κ3) is 3.33. The molecule has 8 nitrogen and oxygen atoms in total. The lowest BCUT2D eigenvalue weighted by Crippen LogP contribution is -2.40. The van der Waals surface area contributed by atoms with Crippen molar-refractivity contribution >= 4 is 11.9 Å². The van der Waals surface area contributed by atoms with Crippen LogP contribution in [0.3, 0.4) is 0 Å². The molecule has 132 valence electrons. The largest absolute Gasteiger partial charge is 0.497 e. The summed E-state index contributed by atoms with van der Waals surface area (Å²) in [6, 6.07) is 7.31. The number of aliphatic carboxylic acids is 1. The van der Waals surface area contributed by atoms with E-state index in [0.717, 1.165) is 11.4 Å². The van der Waals surface area contributed by atoms with Crippen LogP contribution in [0.2, 0.25) is 0 Å². The van der Waals surface area contributed by atoms with Gasteiger partial charge in [-0.3, -0.25) is 9.59 Å². The fraction of sp³-hybridized carbons (Fsp3) is 0.412. The Hall–Kier alpha value is -2.90. The molecule has 0 atom stereocenters. The minimum atomic E-state index is -0.797. The molecule has 25 heavy (non-hydrogen) atoms. The average Bonchev–Trinajstić information content (AvgIpc) is 3.02. The second-order valence-corrected chi connectivity index (χ2v) is 6.04. The number of carboxylic acids is 1. The first kappa shape index (κ1) is 16.9. The van der Waals surface area contributed by atoms with Crippen LogP contribution in [-0.4, -0.2) is 57.1 Å². The van der Waals surface area contributed by atoms with Crippen LogP contribution in [0.4, 0.5) is 0 Å². The van der Waals surface area contributed by atoms with Gasteiger partial charge in [-0.05, 0) is 44.0 Å². The number of carboxylic acid groups (broad SMARTS) is 1. The van der Waals surface area contributed by atoms with E-state index in [1.165, 1.54) is 0 Å². The number of hydrogen-bond acceptors (Lipinski definition) is 5. The summed E-state index contributed by atoms with van der Waals surface area (Å²) in [7, 11) is 1.60. The molecule has 1 amide bonds. The number of aromatic nitrogens is 3. The smallest absolute Gasteiger partial charge is 0.306 e. The summed E-state index contributed by atoms with van der Waals surface area (Å²) in [5, 5.41) is 17.2. The SMILES string of the molecule is COc1ccc(-n2nnc(C(=O)N3CCC(C(=O)O)CC3)c2C)cc1. The lowest BCUT2D eigenvalue weighted by molar-refractivity contribution is -0.143. The molecule has 0 aliphatic carbocycles. The van der Waals surface area contributed by atoms with Crippen LogP contribution in [0.1, 0.15) is 29.0 Å². The molecule has 0 spiro atoms. The molecule has 8 heteroatoms. The van der Waals surface area contributed by atoms with E-state index < -0.39 is 5.97 Å². The Balaban J connectivity index is 1.76. The van der Waals surface area contributed by atoms with Gasteiger partial charge >= 0.3 is 5.97 Å². The predicted octanol–water partition coefficient (Wildman–Crippen LogP) is 1.52. The summed E-state index contributed by atoms with van der Waals surface area (Å²) < 4.78 is 6.74. The van der Waals surface area contributed by atoms with Crippen molar-refractivity contribution in [2.75, 3.05) is 20.2 Å². The van der Waals surface area contributed by atoms with E-state index in [4.69, 9.17) is 9.84 Å². The number of piperidine rings is 1. The van der Waals surface area contributed by atoms with Crippen LogP contribution < -0.4 is 4.74 Å². The second-order valence-electron chi connectivity index (χ2n) is 6.04. The molecule has 1 aromatic carbocycles. The van der Waals surface area contributed by atoms with Gasteiger partial charge in [0.05, 0.1) is 24.4 Å². The van der Waals surface area contributed by atoms with E-state index in [9.17, 15) is 9.59 Å². The van der Waals surface area contributed by atoms with Crippen molar-refractivity contribution in [1.82, 2.24) is 19.9 Å². The first-order valence-electron chi connectivity index (χ1n) is 8.10. The summed E-state index contributed by atoms with van der Waals surface area (Å²) in [6.45, 7) is 2.64. The summed E-state index contributed by atoms with van der Waals surface area (Å²) in [5.74, 6) is -0.644. The summed E-state index contributed by atoms with van der Waals surface area (Å²) in [4.78, 5) is 25.4. The van der Waals surface area contributed by atoms with Gasteiger partial charge in [-0.1, -0.05) is 5.21 Å². The number of carbonyl (C=O) groups excluding carboxylic acids is 1. The van der Waals surface area contributed by atoms with Gasteiger partial charge in [-0.25, -0.2) is 4.68 Å². The zero-order valence-corrected chi connectivity index (χ0v) is 14.2. The molecule has 0 unspecified atom stereocenters. The molecule has 1 aromatic heterocycles. The molecule has 2 aromatic rings. The maximum absolute atomic E-state index is 12.7. The van der Waals surface area contributed by atoms with Gasteiger partial charge in [-0.15, -0.1) is 5.10 Å². The fourth-order valence-electron chi connectivity index (χ4n) is 2.97. The standard InChI is InChI=1S/C17H20N4O4/c1-11-15(16(22)20-9-7-12(8-10-20)17(23)24)18-19-21(11)13-3-5-14(25-2)6-4-13/h3-6,12H,7-10H2,1-2H3,(H,23,24). The van der Waals surface area contributed by atoms with E-state index in [2.05, 4.69) is 10.3 Å². The highest BCUT2D eigenvalue weighted by Crippen LogP contribution is 2.21. The lowest BCUT2D eigenvalue weighted by atomic mass is 9.97. The van der Waals surface area contributed by atoms with Crippen LogP contribution in [0.15, 0.2) is 24.3 Å². The highest BCUT2D eigenvalue weighted by Gasteiger charge is 2.29. The molecule has 1 fully saturated rings. The first-order valence-corrected chi connectivity index (χ1v) is 8.10. The molecular weight excluding hydrogens is 324 g/mol. The normalized spacial score (nSPS) is 15.2. The molecule has 1 aliphatic heterocycles. The average molecular weight is 344 g/mol. The molecule has 3 rings (SSSR count). The van der Waals surface area contributed by atoms with Crippen LogP contribution in [0.25, 0.3) is 5.69 Å². The van der Waals surface area contributed by atoms with Gasteiger partial charge < -0.3 is 14.7 Å². The number of methoxy groups -OCH3 is 1. The number of hydrogen-bond donors (Lipinski definition) is 1. The molecule has 1 N–H and O–H groups in total. The summed E-state index contributed by atoms with van der Waals surface area (Å²) in [6.07, 6.45) is 0.930. The monoisotopic (exact) mass is 344 g/mol. The molecule has 0 bridgehead atoms. The number of ether oxygens (including phenoxy) is 1. The van der Waals surface area contributed by atoms with Crippen molar-refractivity contribution in [1.29, 1.82) is 0 Å². The Morgan fingerprint density at radius 1 is 1.20 bits per heavy atom. The van der Waals surface area contributed by atoms with Gasteiger partial charge in [0, 0.05) is 13.1 Å². The zero-order chi connectivity index (χ0) is 18.0. The van der Waals surface area contributed by atoms with Crippen molar-refractivity contribution in [3.05, 3.63) is 35.7 Å². The highest BCUT2D eigenvalue weighted by molar-refractivity contribution is 5.93. The molecule has 1 saturated heterocycles. The third-order valence-corrected chi connectivity index (χ3v) is 4.55. The van der Waals surface area contributed by atoms with E-state index in [0.29, 0.717) is 37.3 Å². The zero-order valence-electron chi connectivity index (χ0n) is 14.2. The fourth-order valence-corrected chi connectivity index (χ4v) is 2.97. The molecule has 0 radical (unpaired) electrons. The van der Waals surface area contributed by atoms with Crippen LogP contribution in [-0.2, 0) is 4.79 Å². The quantitative estimate of drug-likeness (QED) is 0.903. The van der Waals surface area contributed by atoms with Gasteiger partial charge in [0.2, 0.25) is 0 Å². The maximum atomic E-state index is 12.7. The highest BCUT2D eigenvalue weighted by atomic mass is 16.5. The van der Waals surface area contributed by atoms with Gasteiger partial charge in [0.25, 0.3) is 5.91 Å².